The topological polar surface area (TPSA) is 17.1 Å². The Morgan fingerprint density at radius 3 is 2.47 bits per heavy atom. The summed E-state index contributed by atoms with van der Waals surface area (Å²) in [5.41, 5.74) is 1.05. The fourth-order valence-electron chi connectivity index (χ4n) is 1.70. The molecule has 19 heavy (non-hydrogen) atoms. The summed E-state index contributed by atoms with van der Waals surface area (Å²) in [6, 6.07) is 6.72. The van der Waals surface area contributed by atoms with E-state index in [1.54, 1.807) is 25.1 Å². The number of hydrogen-bond donors (Lipinski definition) is 0. The molecule has 2 rings (SSSR count). The van der Waals surface area contributed by atoms with E-state index in [2.05, 4.69) is 15.9 Å². The van der Waals surface area contributed by atoms with Crippen LogP contribution in [0.4, 0.5) is 8.78 Å². The monoisotopic (exact) mass is 344 g/mol. The Kier molecular flexibility index (Phi) is 4.02. The van der Waals surface area contributed by atoms with E-state index in [9.17, 15) is 13.6 Å². The molecule has 0 saturated carbocycles. The second-order valence-electron chi connectivity index (χ2n) is 3.99. The Bertz CT molecular complexity index is 671. The molecule has 0 aliphatic heterocycles. The molecule has 0 fully saturated rings. The van der Waals surface area contributed by atoms with E-state index >= 15 is 0 Å². The summed E-state index contributed by atoms with van der Waals surface area (Å²) in [7, 11) is 0. The maximum absolute atomic E-state index is 13.2. The van der Waals surface area contributed by atoms with Gasteiger partial charge in [0.2, 0.25) is 0 Å². The average molecular weight is 346 g/mol. The van der Waals surface area contributed by atoms with E-state index in [1.165, 1.54) is 0 Å². The van der Waals surface area contributed by atoms with E-state index < -0.39 is 17.4 Å². The minimum Gasteiger partial charge on any atom is -0.289 e. The molecule has 0 aliphatic carbocycles. The van der Waals surface area contributed by atoms with Gasteiger partial charge in [-0.25, -0.2) is 8.78 Å². The van der Waals surface area contributed by atoms with Crippen LogP contribution in [-0.2, 0) is 0 Å². The maximum atomic E-state index is 13.2. The van der Waals surface area contributed by atoms with Crippen LogP contribution in [0.5, 0.6) is 0 Å². The number of carbonyl (C=O) groups excluding carboxylic acids is 1. The van der Waals surface area contributed by atoms with Crippen molar-refractivity contribution in [1.82, 2.24) is 0 Å². The van der Waals surface area contributed by atoms with Gasteiger partial charge < -0.3 is 0 Å². The van der Waals surface area contributed by atoms with Crippen LogP contribution in [0, 0.1) is 18.6 Å². The summed E-state index contributed by atoms with van der Waals surface area (Å²) in [6.45, 7) is 1.76. The van der Waals surface area contributed by atoms with E-state index in [0.717, 1.165) is 16.6 Å². The molecular formula is C14H8BrClF2O. The predicted molar refractivity (Wildman–Crippen MR) is 73.7 cm³/mol. The van der Waals surface area contributed by atoms with Crippen LogP contribution in [0.2, 0.25) is 5.02 Å². The lowest BCUT2D eigenvalue weighted by atomic mass is 9.99. The first-order valence-corrected chi connectivity index (χ1v) is 6.53. The Hall–Kier alpha value is -1.26. The summed E-state index contributed by atoms with van der Waals surface area (Å²) < 4.78 is 27.0. The third kappa shape index (κ3) is 2.69. The van der Waals surface area contributed by atoms with Crippen LogP contribution in [0.3, 0.4) is 0 Å². The zero-order valence-corrected chi connectivity index (χ0v) is 12.1. The highest BCUT2D eigenvalue weighted by molar-refractivity contribution is 9.10. The predicted octanol–water partition coefficient (Wildman–Crippen LogP) is 4.92. The van der Waals surface area contributed by atoms with Crippen molar-refractivity contribution in [3.8, 4) is 0 Å². The second kappa shape index (κ2) is 5.39. The van der Waals surface area contributed by atoms with Gasteiger partial charge >= 0.3 is 0 Å². The molecule has 1 nitrogen and oxygen atoms in total. The highest BCUT2D eigenvalue weighted by atomic mass is 79.9. The number of hydrogen-bond acceptors (Lipinski definition) is 1. The lowest BCUT2D eigenvalue weighted by Crippen LogP contribution is -2.06. The highest BCUT2D eigenvalue weighted by Crippen LogP contribution is 2.26. The minimum atomic E-state index is -1.10. The second-order valence-corrected chi connectivity index (χ2v) is 5.25. The first-order chi connectivity index (χ1) is 8.91. The molecule has 0 bridgehead atoms. The molecule has 98 valence electrons. The SMILES string of the molecule is Cc1c(Br)cccc1C(=O)c1cc(F)c(F)cc1Cl. The number of rotatable bonds is 2. The van der Waals surface area contributed by atoms with Crippen LogP contribution in [-0.4, -0.2) is 5.78 Å². The largest absolute Gasteiger partial charge is 0.289 e. The van der Waals surface area contributed by atoms with Crippen LogP contribution < -0.4 is 0 Å². The van der Waals surface area contributed by atoms with Crippen molar-refractivity contribution in [2.45, 2.75) is 6.92 Å². The van der Waals surface area contributed by atoms with E-state index in [1.807, 2.05) is 0 Å². The quantitative estimate of drug-likeness (QED) is 0.558. The molecule has 0 amide bonds. The minimum absolute atomic E-state index is 0.0539. The van der Waals surface area contributed by atoms with E-state index in [-0.39, 0.29) is 10.6 Å². The summed E-state index contributed by atoms with van der Waals surface area (Å²) >= 11 is 9.11. The summed E-state index contributed by atoms with van der Waals surface area (Å²) in [4.78, 5) is 12.3. The number of benzene rings is 2. The molecule has 5 heteroatoms. The highest BCUT2D eigenvalue weighted by Gasteiger charge is 2.18. The first-order valence-electron chi connectivity index (χ1n) is 5.36. The third-order valence-corrected chi connectivity index (χ3v) is 3.94. The lowest BCUT2D eigenvalue weighted by molar-refractivity contribution is 0.103. The van der Waals surface area contributed by atoms with Crippen molar-refractivity contribution in [3.63, 3.8) is 0 Å². The van der Waals surface area contributed by atoms with Gasteiger partial charge in [-0.05, 0) is 30.7 Å². The molecule has 2 aromatic carbocycles. The van der Waals surface area contributed by atoms with E-state index in [0.29, 0.717) is 11.1 Å². The molecule has 0 radical (unpaired) electrons. The fourth-order valence-corrected chi connectivity index (χ4v) is 2.30. The Morgan fingerprint density at radius 2 is 1.79 bits per heavy atom. The van der Waals surface area contributed by atoms with Gasteiger partial charge in [0.15, 0.2) is 17.4 Å². The Labute approximate surface area is 122 Å². The van der Waals surface area contributed by atoms with Gasteiger partial charge in [0, 0.05) is 15.6 Å². The van der Waals surface area contributed by atoms with E-state index in [4.69, 9.17) is 11.6 Å². The third-order valence-electron chi connectivity index (χ3n) is 2.77. The zero-order chi connectivity index (χ0) is 14.2. The van der Waals surface area contributed by atoms with Gasteiger partial charge in [0.05, 0.1) is 5.02 Å². The zero-order valence-electron chi connectivity index (χ0n) is 9.81. The van der Waals surface area contributed by atoms with Crippen molar-refractivity contribution >= 4 is 33.3 Å². The summed E-state index contributed by atoms with van der Waals surface area (Å²) in [5, 5.41) is -0.108. The standard InChI is InChI=1S/C14H8BrClF2O/c1-7-8(3-2-4-10(7)15)14(19)9-5-12(17)13(18)6-11(9)16/h2-6H,1H3. The van der Waals surface area contributed by atoms with Crippen molar-refractivity contribution in [2.75, 3.05) is 0 Å². The van der Waals surface area contributed by atoms with Crippen LogP contribution in [0.25, 0.3) is 0 Å². The molecule has 0 atom stereocenters. The normalized spacial score (nSPS) is 10.6. The van der Waals surface area contributed by atoms with Crippen LogP contribution in [0.15, 0.2) is 34.8 Å². The molecule has 2 aromatic rings. The molecule has 0 aliphatic rings. The van der Waals surface area contributed by atoms with Gasteiger partial charge in [0.1, 0.15) is 0 Å². The maximum Gasteiger partial charge on any atom is 0.194 e. The molecule has 0 heterocycles. The van der Waals surface area contributed by atoms with Crippen LogP contribution >= 0.6 is 27.5 Å². The number of ketones is 1. The van der Waals surface area contributed by atoms with Gasteiger partial charge in [-0.3, -0.25) is 4.79 Å². The fraction of sp³-hybridized carbons (Fsp3) is 0.0714. The van der Waals surface area contributed by atoms with Crippen molar-refractivity contribution in [3.05, 3.63) is 68.2 Å². The van der Waals surface area contributed by atoms with Crippen LogP contribution in [0.1, 0.15) is 21.5 Å². The molecular weight excluding hydrogens is 338 g/mol. The van der Waals surface area contributed by atoms with Gasteiger partial charge in [0.25, 0.3) is 0 Å². The molecule has 0 aromatic heterocycles. The van der Waals surface area contributed by atoms with Gasteiger partial charge in [-0.2, -0.15) is 0 Å². The first kappa shape index (κ1) is 14.2. The van der Waals surface area contributed by atoms with Crippen molar-refractivity contribution in [1.29, 1.82) is 0 Å². The number of halogens is 4. The summed E-state index contributed by atoms with van der Waals surface area (Å²) in [6.07, 6.45) is 0. The van der Waals surface area contributed by atoms with Crippen molar-refractivity contribution in [2.24, 2.45) is 0 Å². The van der Waals surface area contributed by atoms with Gasteiger partial charge in [-0.1, -0.05) is 39.7 Å². The lowest BCUT2D eigenvalue weighted by Gasteiger charge is -2.08. The smallest absolute Gasteiger partial charge is 0.194 e. The average Bonchev–Trinajstić information content (AvgIpc) is 2.36. The number of carbonyl (C=O) groups is 1. The Morgan fingerprint density at radius 1 is 1.16 bits per heavy atom. The molecule has 0 saturated heterocycles. The molecule has 0 N–H and O–H groups in total. The summed E-state index contributed by atoms with van der Waals surface area (Å²) in [5.74, 6) is -2.62. The van der Waals surface area contributed by atoms with Crippen molar-refractivity contribution < 1.29 is 13.6 Å². The molecule has 0 spiro atoms. The molecule has 0 unspecified atom stereocenters. The van der Waals surface area contributed by atoms with Gasteiger partial charge in [-0.15, -0.1) is 0 Å². The Balaban J connectivity index is 2.56.